The Balaban J connectivity index is 2.57. The number of hydrogen-bond donors (Lipinski definition) is 3. The van der Waals surface area contributed by atoms with E-state index in [0.29, 0.717) is 11.6 Å². The molecule has 0 aliphatic rings. The third kappa shape index (κ3) is 5.61. The lowest BCUT2D eigenvalue weighted by molar-refractivity contribution is 0.0698. The van der Waals surface area contributed by atoms with Gasteiger partial charge in [0.1, 0.15) is 0 Å². The highest BCUT2D eigenvalue weighted by Gasteiger charge is 2.13. The maximum atomic E-state index is 11.8. The van der Waals surface area contributed by atoms with Crippen molar-refractivity contribution >= 4 is 29.3 Å². The van der Waals surface area contributed by atoms with Gasteiger partial charge >= 0.3 is 12.0 Å². The summed E-state index contributed by atoms with van der Waals surface area (Å²) in [6.45, 7) is 7.17. The maximum Gasteiger partial charge on any atom is 0.337 e. The Morgan fingerprint density at radius 3 is 2.52 bits per heavy atom. The second-order valence-corrected chi connectivity index (χ2v) is 4.84. The Bertz CT molecular complexity index is 504. The second kappa shape index (κ2) is 8.49. The van der Waals surface area contributed by atoms with Crippen molar-refractivity contribution in [3.05, 3.63) is 28.8 Å². The highest BCUT2D eigenvalue weighted by Crippen LogP contribution is 2.20. The molecule has 1 aromatic carbocycles. The number of rotatable bonds is 7. The maximum absolute atomic E-state index is 11.8. The monoisotopic (exact) mass is 313 g/mol. The molecule has 2 amide bonds. The van der Waals surface area contributed by atoms with Crippen LogP contribution in [0.4, 0.5) is 10.5 Å². The molecule has 0 unspecified atom stereocenters. The molecule has 1 rings (SSSR count). The number of urea groups is 1. The first-order chi connectivity index (χ1) is 9.97. The SMILES string of the molecule is CCN(CC)CCNC(=O)Nc1ccc(Cl)cc1C(=O)O. The summed E-state index contributed by atoms with van der Waals surface area (Å²) < 4.78 is 0. The van der Waals surface area contributed by atoms with Gasteiger partial charge < -0.3 is 20.6 Å². The number of nitrogens with one attached hydrogen (secondary N) is 2. The third-order valence-corrected chi connectivity index (χ3v) is 3.30. The molecule has 3 N–H and O–H groups in total. The van der Waals surface area contributed by atoms with Crippen LogP contribution in [0.25, 0.3) is 0 Å². The number of aromatic carboxylic acids is 1. The van der Waals surface area contributed by atoms with Crippen LogP contribution >= 0.6 is 11.6 Å². The predicted octanol–water partition coefficient (Wildman–Crippen LogP) is 2.50. The van der Waals surface area contributed by atoms with E-state index in [9.17, 15) is 9.59 Å². The molecule has 0 atom stereocenters. The second-order valence-electron chi connectivity index (χ2n) is 4.40. The lowest BCUT2D eigenvalue weighted by Crippen LogP contribution is -2.37. The first kappa shape index (κ1) is 17.3. The van der Waals surface area contributed by atoms with E-state index in [2.05, 4.69) is 29.4 Å². The van der Waals surface area contributed by atoms with Gasteiger partial charge in [0.2, 0.25) is 0 Å². The number of halogens is 1. The number of carbonyl (C=O) groups excluding carboxylic acids is 1. The van der Waals surface area contributed by atoms with Gasteiger partial charge in [0.05, 0.1) is 11.3 Å². The smallest absolute Gasteiger partial charge is 0.337 e. The lowest BCUT2D eigenvalue weighted by Gasteiger charge is -2.18. The van der Waals surface area contributed by atoms with Crippen molar-refractivity contribution in [2.24, 2.45) is 0 Å². The Labute approximate surface area is 129 Å². The average Bonchev–Trinajstić information content (AvgIpc) is 2.45. The molecule has 0 saturated carbocycles. The summed E-state index contributed by atoms with van der Waals surface area (Å²) in [6.07, 6.45) is 0. The number of anilines is 1. The number of amides is 2. The number of hydrogen-bond acceptors (Lipinski definition) is 3. The van der Waals surface area contributed by atoms with E-state index in [1.807, 2.05) is 0 Å². The van der Waals surface area contributed by atoms with Crippen molar-refractivity contribution in [1.29, 1.82) is 0 Å². The van der Waals surface area contributed by atoms with Crippen LogP contribution in [-0.4, -0.2) is 48.2 Å². The number of likely N-dealkylation sites (N-methyl/N-ethyl adjacent to an activating group) is 1. The van der Waals surface area contributed by atoms with Crippen LogP contribution in [0.3, 0.4) is 0 Å². The number of benzene rings is 1. The zero-order valence-corrected chi connectivity index (χ0v) is 12.9. The van der Waals surface area contributed by atoms with Gasteiger partial charge in [-0.25, -0.2) is 9.59 Å². The van der Waals surface area contributed by atoms with Crippen LogP contribution in [0.2, 0.25) is 5.02 Å². The first-order valence-electron chi connectivity index (χ1n) is 6.78. The van der Waals surface area contributed by atoms with Crippen molar-refractivity contribution in [2.45, 2.75) is 13.8 Å². The molecule has 7 heteroatoms. The Morgan fingerprint density at radius 1 is 1.29 bits per heavy atom. The number of carbonyl (C=O) groups is 2. The minimum Gasteiger partial charge on any atom is -0.478 e. The van der Waals surface area contributed by atoms with Gasteiger partial charge in [-0.1, -0.05) is 25.4 Å². The summed E-state index contributed by atoms with van der Waals surface area (Å²) in [7, 11) is 0. The molecule has 0 heterocycles. The standard InChI is InChI=1S/C14H20ClN3O3/c1-3-18(4-2)8-7-16-14(21)17-12-6-5-10(15)9-11(12)13(19)20/h5-6,9H,3-4,7-8H2,1-2H3,(H,19,20)(H2,16,17,21). The molecule has 0 bridgehead atoms. The van der Waals surface area contributed by atoms with Gasteiger partial charge in [0.25, 0.3) is 0 Å². The predicted molar refractivity (Wildman–Crippen MR) is 83.2 cm³/mol. The summed E-state index contributed by atoms with van der Waals surface area (Å²) in [5, 5.41) is 14.6. The van der Waals surface area contributed by atoms with E-state index in [4.69, 9.17) is 16.7 Å². The first-order valence-corrected chi connectivity index (χ1v) is 7.15. The van der Waals surface area contributed by atoms with E-state index in [1.54, 1.807) is 0 Å². The average molecular weight is 314 g/mol. The molecular formula is C14H20ClN3O3. The van der Waals surface area contributed by atoms with Crippen LogP contribution in [0, 0.1) is 0 Å². The molecule has 116 valence electrons. The van der Waals surface area contributed by atoms with Gasteiger partial charge in [-0.15, -0.1) is 0 Å². The molecule has 0 aromatic heterocycles. The molecule has 0 aliphatic heterocycles. The largest absolute Gasteiger partial charge is 0.478 e. The Kier molecular flexibility index (Phi) is 6.98. The highest BCUT2D eigenvalue weighted by molar-refractivity contribution is 6.31. The van der Waals surface area contributed by atoms with E-state index in [-0.39, 0.29) is 11.3 Å². The normalized spacial score (nSPS) is 10.5. The molecule has 6 nitrogen and oxygen atoms in total. The van der Waals surface area contributed by atoms with E-state index in [0.717, 1.165) is 19.6 Å². The van der Waals surface area contributed by atoms with Crippen LogP contribution in [-0.2, 0) is 0 Å². The summed E-state index contributed by atoms with van der Waals surface area (Å²) in [5.41, 5.74) is 0.175. The van der Waals surface area contributed by atoms with Gasteiger partial charge in [-0.3, -0.25) is 0 Å². The zero-order chi connectivity index (χ0) is 15.8. The van der Waals surface area contributed by atoms with Crippen molar-refractivity contribution in [3.8, 4) is 0 Å². The Hall–Kier alpha value is -1.79. The van der Waals surface area contributed by atoms with Crippen LogP contribution in [0.1, 0.15) is 24.2 Å². The molecule has 1 aromatic rings. The summed E-state index contributed by atoms with van der Waals surface area (Å²) in [4.78, 5) is 25.0. The molecular weight excluding hydrogens is 294 g/mol. The van der Waals surface area contributed by atoms with Crippen LogP contribution in [0.15, 0.2) is 18.2 Å². The van der Waals surface area contributed by atoms with Gasteiger partial charge in [-0.05, 0) is 31.3 Å². The fraction of sp³-hybridized carbons (Fsp3) is 0.429. The summed E-state index contributed by atoms with van der Waals surface area (Å²) in [6, 6.07) is 3.86. The molecule has 0 saturated heterocycles. The van der Waals surface area contributed by atoms with Crippen molar-refractivity contribution in [1.82, 2.24) is 10.2 Å². The minimum atomic E-state index is -1.14. The molecule has 0 fully saturated rings. The van der Waals surface area contributed by atoms with Gasteiger partial charge in [0.15, 0.2) is 0 Å². The molecule has 21 heavy (non-hydrogen) atoms. The Morgan fingerprint density at radius 2 is 1.95 bits per heavy atom. The van der Waals surface area contributed by atoms with Crippen LogP contribution < -0.4 is 10.6 Å². The van der Waals surface area contributed by atoms with E-state index in [1.165, 1.54) is 18.2 Å². The highest BCUT2D eigenvalue weighted by atomic mass is 35.5. The quantitative estimate of drug-likeness (QED) is 0.722. The molecule has 0 spiro atoms. The minimum absolute atomic E-state index is 0.0404. The van der Waals surface area contributed by atoms with Gasteiger partial charge in [0, 0.05) is 18.1 Å². The third-order valence-electron chi connectivity index (χ3n) is 3.07. The zero-order valence-electron chi connectivity index (χ0n) is 12.1. The lowest BCUT2D eigenvalue weighted by atomic mass is 10.2. The molecule has 0 radical (unpaired) electrons. The fourth-order valence-corrected chi connectivity index (χ4v) is 2.01. The summed E-state index contributed by atoms with van der Waals surface area (Å²) in [5.74, 6) is -1.14. The van der Waals surface area contributed by atoms with Crippen molar-refractivity contribution in [3.63, 3.8) is 0 Å². The number of nitrogens with zero attached hydrogens (tertiary/aromatic N) is 1. The summed E-state index contributed by atoms with van der Waals surface area (Å²) >= 11 is 5.75. The van der Waals surface area contributed by atoms with Gasteiger partial charge in [-0.2, -0.15) is 0 Å². The van der Waals surface area contributed by atoms with E-state index < -0.39 is 12.0 Å². The number of carboxylic acid groups (broad SMARTS) is 1. The van der Waals surface area contributed by atoms with Crippen LogP contribution in [0.5, 0.6) is 0 Å². The van der Waals surface area contributed by atoms with Crippen molar-refractivity contribution in [2.75, 3.05) is 31.5 Å². The van der Waals surface area contributed by atoms with E-state index >= 15 is 0 Å². The van der Waals surface area contributed by atoms with Crippen molar-refractivity contribution < 1.29 is 14.7 Å². The topological polar surface area (TPSA) is 81.7 Å². The molecule has 0 aliphatic carbocycles. The fourth-order valence-electron chi connectivity index (χ4n) is 1.84. The number of carboxylic acids is 1.